The summed E-state index contributed by atoms with van der Waals surface area (Å²) in [5.74, 6) is 1.96. The first-order chi connectivity index (χ1) is 8.62. The SMILES string of the molecule is C=C(C)CNCc1cc(OC)c(OC)c(OC)c1. The van der Waals surface area contributed by atoms with Crippen molar-refractivity contribution >= 4 is 0 Å². The van der Waals surface area contributed by atoms with Crippen LogP contribution in [0.4, 0.5) is 0 Å². The number of rotatable bonds is 7. The molecule has 100 valence electrons. The van der Waals surface area contributed by atoms with E-state index in [2.05, 4.69) is 11.9 Å². The van der Waals surface area contributed by atoms with Crippen LogP contribution in [0.3, 0.4) is 0 Å². The van der Waals surface area contributed by atoms with Gasteiger partial charge in [0.2, 0.25) is 5.75 Å². The van der Waals surface area contributed by atoms with Gasteiger partial charge in [-0.1, -0.05) is 12.2 Å². The third-order valence-electron chi connectivity index (χ3n) is 2.48. The molecule has 0 aliphatic rings. The van der Waals surface area contributed by atoms with Gasteiger partial charge in [0, 0.05) is 13.1 Å². The standard InChI is InChI=1S/C14H21NO3/c1-10(2)8-15-9-11-6-12(16-3)14(18-5)13(7-11)17-4/h6-7,15H,1,8-9H2,2-5H3. The van der Waals surface area contributed by atoms with Gasteiger partial charge in [-0.05, 0) is 24.6 Å². The molecule has 0 unspecified atom stereocenters. The minimum absolute atomic E-state index is 0.614. The van der Waals surface area contributed by atoms with Gasteiger partial charge in [0.15, 0.2) is 11.5 Å². The average molecular weight is 251 g/mol. The van der Waals surface area contributed by atoms with Crippen molar-refractivity contribution in [3.63, 3.8) is 0 Å². The fraction of sp³-hybridized carbons (Fsp3) is 0.429. The van der Waals surface area contributed by atoms with Crippen molar-refractivity contribution in [2.45, 2.75) is 13.5 Å². The van der Waals surface area contributed by atoms with Gasteiger partial charge in [-0.2, -0.15) is 0 Å². The first-order valence-electron chi connectivity index (χ1n) is 5.76. The van der Waals surface area contributed by atoms with E-state index < -0.39 is 0 Å². The zero-order valence-electron chi connectivity index (χ0n) is 11.5. The van der Waals surface area contributed by atoms with Crippen molar-refractivity contribution in [3.8, 4) is 17.2 Å². The van der Waals surface area contributed by atoms with E-state index >= 15 is 0 Å². The third-order valence-corrected chi connectivity index (χ3v) is 2.48. The maximum atomic E-state index is 5.30. The predicted octanol–water partition coefficient (Wildman–Crippen LogP) is 2.38. The van der Waals surface area contributed by atoms with E-state index in [9.17, 15) is 0 Å². The Labute approximate surface area is 109 Å². The van der Waals surface area contributed by atoms with Crippen molar-refractivity contribution in [1.82, 2.24) is 5.32 Å². The third kappa shape index (κ3) is 3.67. The lowest BCUT2D eigenvalue weighted by Crippen LogP contribution is -2.15. The number of benzene rings is 1. The second-order valence-electron chi connectivity index (χ2n) is 4.09. The molecule has 0 radical (unpaired) electrons. The molecule has 1 aromatic carbocycles. The lowest BCUT2D eigenvalue weighted by molar-refractivity contribution is 0.323. The fourth-order valence-corrected chi connectivity index (χ4v) is 1.66. The zero-order chi connectivity index (χ0) is 13.5. The summed E-state index contributed by atoms with van der Waals surface area (Å²) >= 11 is 0. The molecule has 0 saturated carbocycles. The van der Waals surface area contributed by atoms with Crippen LogP contribution in [0.5, 0.6) is 17.2 Å². The van der Waals surface area contributed by atoms with Gasteiger partial charge in [0.05, 0.1) is 21.3 Å². The summed E-state index contributed by atoms with van der Waals surface area (Å²) in [4.78, 5) is 0. The predicted molar refractivity (Wildman–Crippen MR) is 72.6 cm³/mol. The minimum Gasteiger partial charge on any atom is -0.493 e. The Balaban J connectivity index is 2.89. The van der Waals surface area contributed by atoms with Crippen LogP contribution < -0.4 is 19.5 Å². The van der Waals surface area contributed by atoms with E-state index in [0.29, 0.717) is 17.2 Å². The lowest BCUT2D eigenvalue weighted by Gasteiger charge is -2.14. The molecule has 0 fully saturated rings. The Morgan fingerprint density at radius 2 is 1.67 bits per heavy atom. The van der Waals surface area contributed by atoms with E-state index in [4.69, 9.17) is 14.2 Å². The summed E-state index contributed by atoms with van der Waals surface area (Å²) in [5.41, 5.74) is 2.17. The Morgan fingerprint density at radius 1 is 1.11 bits per heavy atom. The van der Waals surface area contributed by atoms with Crippen LogP contribution >= 0.6 is 0 Å². The summed E-state index contributed by atoms with van der Waals surface area (Å²) in [6, 6.07) is 3.87. The van der Waals surface area contributed by atoms with Crippen LogP contribution in [0.25, 0.3) is 0 Å². The highest BCUT2D eigenvalue weighted by Crippen LogP contribution is 2.38. The molecule has 0 spiro atoms. The van der Waals surface area contributed by atoms with Gasteiger partial charge in [0.1, 0.15) is 0 Å². The molecule has 18 heavy (non-hydrogen) atoms. The van der Waals surface area contributed by atoms with Crippen molar-refractivity contribution in [3.05, 3.63) is 29.8 Å². The minimum atomic E-state index is 0.614. The van der Waals surface area contributed by atoms with Crippen LogP contribution in [-0.2, 0) is 6.54 Å². The molecule has 0 aromatic heterocycles. The monoisotopic (exact) mass is 251 g/mol. The molecule has 1 N–H and O–H groups in total. The molecule has 4 nitrogen and oxygen atoms in total. The second kappa shape index (κ2) is 6.91. The summed E-state index contributed by atoms with van der Waals surface area (Å²) in [6.45, 7) is 7.35. The number of methoxy groups -OCH3 is 3. The van der Waals surface area contributed by atoms with Gasteiger partial charge < -0.3 is 19.5 Å². The molecule has 0 atom stereocenters. The molecule has 0 heterocycles. The zero-order valence-corrected chi connectivity index (χ0v) is 11.5. The molecule has 0 aliphatic heterocycles. The smallest absolute Gasteiger partial charge is 0.203 e. The van der Waals surface area contributed by atoms with Crippen LogP contribution in [0.2, 0.25) is 0 Å². The van der Waals surface area contributed by atoms with E-state index in [-0.39, 0.29) is 0 Å². The molecule has 1 rings (SSSR count). The normalized spacial score (nSPS) is 10.0. The summed E-state index contributed by atoms with van der Waals surface area (Å²) < 4.78 is 15.9. The molecule has 0 amide bonds. The molecule has 1 aromatic rings. The second-order valence-corrected chi connectivity index (χ2v) is 4.09. The maximum Gasteiger partial charge on any atom is 0.203 e. The summed E-state index contributed by atoms with van der Waals surface area (Å²) in [5, 5.41) is 3.29. The van der Waals surface area contributed by atoms with Crippen molar-refractivity contribution in [2.24, 2.45) is 0 Å². The van der Waals surface area contributed by atoms with Gasteiger partial charge in [-0.15, -0.1) is 0 Å². The highest BCUT2D eigenvalue weighted by Gasteiger charge is 2.12. The number of hydrogen-bond donors (Lipinski definition) is 1. The Morgan fingerprint density at radius 3 is 2.06 bits per heavy atom. The fourth-order valence-electron chi connectivity index (χ4n) is 1.66. The van der Waals surface area contributed by atoms with Gasteiger partial charge in [-0.3, -0.25) is 0 Å². The Hall–Kier alpha value is -1.68. The largest absolute Gasteiger partial charge is 0.493 e. The van der Waals surface area contributed by atoms with Crippen LogP contribution in [-0.4, -0.2) is 27.9 Å². The Bertz CT molecular complexity index is 390. The summed E-state index contributed by atoms with van der Waals surface area (Å²) in [6.07, 6.45) is 0. The highest BCUT2D eigenvalue weighted by molar-refractivity contribution is 5.53. The van der Waals surface area contributed by atoms with Crippen molar-refractivity contribution in [1.29, 1.82) is 0 Å². The molecular weight excluding hydrogens is 230 g/mol. The van der Waals surface area contributed by atoms with Gasteiger partial charge in [0.25, 0.3) is 0 Å². The van der Waals surface area contributed by atoms with Crippen LogP contribution in [0.15, 0.2) is 24.3 Å². The number of ether oxygens (including phenoxy) is 3. The Kier molecular flexibility index (Phi) is 5.52. The lowest BCUT2D eigenvalue weighted by atomic mass is 10.1. The first-order valence-corrected chi connectivity index (χ1v) is 5.76. The van der Waals surface area contributed by atoms with Crippen LogP contribution in [0, 0.1) is 0 Å². The molecule has 0 bridgehead atoms. The maximum absolute atomic E-state index is 5.30. The van der Waals surface area contributed by atoms with E-state index in [1.165, 1.54) is 0 Å². The molecular formula is C14H21NO3. The van der Waals surface area contributed by atoms with Crippen LogP contribution in [0.1, 0.15) is 12.5 Å². The molecule has 0 aliphatic carbocycles. The number of hydrogen-bond acceptors (Lipinski definition) is 4. The topological polar surface area (TPSA) is 39.7 Å². The van der Waals surface area contributed by atoms with Crippen molar-refractivity contribution in [2.75, 3.05) is 27.9 Å². The average Bonchev–Trinajstić information content (AvgIpc) is 2.36. The van der Waals surface area contributed by atoms with Gasteiger partial charge >= 0.3 is 0 Å². The van der Waals surface area contributed by atoms with E-state index in [1.54, 1.807) is 21.3 Å². The van der Waals surface area contributed by atoms with E-state index in [0.717, 1.165) is 24.2 Å². The summed E-state index contributed by atoms with van der Waals surface area (Å²) in [7, 11) is 4.82. The molecule has 4 heteroatoms. The quantitative estimate of drug-likeness (QED) is 0.755. The van der Waals surface area contributed by atoms with Gasteiger partial charge in [-0.25, -0.2) is 0 Å². The first kappa shape index (κ1) is 14.4. The number of nitrogens with one attached hydrogen (secondary N) is 1. The molecule has 0 saturated heterocycles. The van der Waals surface area contributed by atoms with Crippen molar-refractivity contribution < 1.29 is 14.2 Å². The van der Waals surface area contributed by atoms with E-state index in [1.807, 2.05) is 19.1 Å². The highest BCUT2D eigenvalue weighted by atomic mass is 16.5.